The second-order valence-corrected chi connectivity index (χ2v) is 7.90. The van der Waals surface area contributed by atoms with Crippen LogP contribution in [0.3, 0.4) is 0 Å². The van der Waals surface area contributed by atoms with Crippen LogP contribution in [0.5, 0.6) is 0 Å². The second-order valence-electron chi connectivity index (χ2n) is 5.82. The topological polar surface area (TPSA) is 53.8 Å². The lowest BCUT2D eigenvalue weighted by atomic mass is 10.1. The van der Waals surface area contributed by atoms with E-state index in [4.69, 9.17) is 4.42 Å². The molecule has 0 radical (unpaired) electrons. The van der Waals surface area contributed by atoms with Gasteiger partial charge in [0.25, 0.3) is 10.0 Å². The summed E-state index contributed by atoms with van der Waals surface area (Å²) in [6.45, 7) is 2.74. The molecule has 2 heterocycles. The molecule has 0 bridgehead atoms. The number of hydrogen-bond acceptors (Lipinski definition) is 4. The van der Waals surface area contributed by atoms with Gasteiger partial charge in [0, 0.05) is 25.8 Å². The molecule has 0 spiro atoms. The molecule has 0 amide bonds. The van der Waals surface area contributed by atoms with Gasteiger partial charge in [-0.15, -0.1) is 0 Å². The van der Waals surface area contributed by atoms with Gasteiger partial charge >= 0.3 is 0 Å². The van der Waals surface area contributed by atoms with Crippen molar-refractivity contribution in [2.24, 2.45) is 0 Å². The van der Waals surface area contributed by atoms with Crippen LogP contribution in [0.4, 0.5) is 5.69 Å². The van der Waals surface area contributed by atoms with E-state index in [1.165, 1.54) is 31.4 Å². The van der Waals surface area contributed by atoms with Crippen molar-refractivity contribution in [3.63, 3.8) is 0 Å². The van der Waals surface area contributed by atoms with Gasteiger partial charge in [-0.1, -0.05) is 18.2 Å². The fourth-order valence-electron chi connectivity index (χ4n) is 2.80. The number of fused-ring (bicyclic) bond motifs is 1. The lowest BCUT2D eigenvalue weighted by molar-refractivity contribution is 0.394. The van der Waals surface area contributed by atoms with Crippen LogP contribution in [0, 0.1) is 0 Å². The summed E-state index contributed by atoms with van der Waals surface area (Å²) in [6.07, 6.45) is 1.000. The van der Waals surface area contributed by atoms with E-state index in [9.17, 15) is 8.42 Å². The third-order valence-corrected chi connectivity index (χ3v) is 5.74. The molecule has 0 saturated carbocycles. The van der Waals surface area contributed by atoms with Crippen molar-refractivity contribution in [2.75, 3.05) is 19.0 Å². The highest BCUT2D eigenvalue weighted by atomic mass is 32.2. The number of hydrogen-bond donors (Lipinski definition) is 0. The van der Waals surface area contributed by atoms with Crippen LogP contribution in [0.1, 0.15) is 18.2 Å². The largest absolute Gasteiger partial charge is 0.446 e. The van der Waals surface area contributed by atoms with Crippen LogP contribution in [-0.4, -0.2) is 32.9 Å². The fourth-order valence-corrected chi connectivity index (χ4v) is 3.61. The third-order valence-electron chi connectivity index (χ3n) is 4.05. The van der Waals surface area contributed by atoms with E-state index in [0.29, 0.717) is 18.3 Å². The van der Waals surface area contributed by atoms with Gasteiger partial charge in [-0.3, -0.25) is 0 Å². The molecule has 5 nitrogen and oxygen atoms in total. The van der Waals surface area contributed by atoms with Gasteiger partial charge in [0.15, 0.2) is 0 Å². The third kappa shape index (κ3) is 2.53. The maximum atomic E-state index is 12.1. The highest BCUT2D eigenvalue weighted by Gasteiger charge is 2.27. The number of rotatable bonds is 4. The van der Waals surface area contributed by atoms with Crippen LogP contribution in [-0.2, 0) is 23.0 Å². The lowest BCUT2D eigenvalue weighted by Crippen LogP contribution is -2.28. The van der Waals surface area contributed by atoms with Gasteiger partial charge < -0.3 is 9.32 Å². The molecule has 0 fully saturated rings. The maximum absolute atomic E-state index is 12.1. The Labute approximate surface area is 131 Å². The van der Waals surface area contributed by atoms with Crippen LogP contribution in [0.2, 0.25) is 0 Å². The molecule has 1 atom stereocenters. The van der Waals surface area contributed by atoms with Crippen molar-refractivity contribution in [1.29, 1.82) is 0 Å². The van der Waals surface area contributed by atoms with Gasteiger partial charge in [-0.2, -0.15) is 0 Å². The zero-order chi connectivity index (χ0) is 15.9. The first-order chi connectivity index (χ1) is 10.4. The van der Waals surface area contributed by atoms with Gasteiger partial charge in [-0.05, 0) is 37.1 Å². The normalized spacial score (nSPS) is 18.0. The Morgan fingerprint density at radius 1 is 1.23 bits per heavy atom. The predicted octanol–water partition coefficient (Wildman–Crippen LogP) is 2.48. The van der Waals surface area contributed by atoms with E-state index < -0.39 is 10.0 Å². The lowest BCUT2D eigenvalue weighted by Gasteiger charge is -2.23. The van der Waals surface area contributed by atoms with E-state index in [0.717, 1.165) is 10.7 Å². The first-order valence-corrected chi connectivity index (χ1v) is 8.69. The van der Waals surface area contributed by atoms with E-state index >= 15 is 0 Å². The molecule has 3 rings (SSSR count). The molecular formula is C16H20N2O3S. The van der Waals surface area contributed by atoms with E-state index in [1.807, 2.05) is 12.1 Å². The average Bonchev–Trinajstić information content (AvgIpc) is 3.05. The number of sulfonamides is 1. The minimum Gasteiger partial charge on any atom is -0.446 e. The second kappa shape index (κ2) is 5.44. The molecule has 1 aromatic heterocycles. The van der Waals surface area contributed by atoms with Gasteiger partial charge in [0.2, 0.25) is 5.09 Å². The van der Waals surface area contributed by atoms with Crippen molar-refractivity contribution < 1.29 is 12.8 Å². The summed E-state index contributed by atoms with van der Waals surface area (Å²) in [4.78, 5) is 2.25. The van der Waals surface area contributed by atoms with Gasteiger partial charge in [-0.25, -0.2) is 12.7 Å². The minimum atomic E-state index is -3.52. The molecule has 0 N–H and O–H groups in total. The summed E-state index contributed by atoms with van der Waals surface area (Å²) in [5.74, 6) is 0.656. The molecule has 22 heavy (non-hydrogen) atoms. The van der Waals surface area contributed by atoms with E-state index in [2.05, 4.69) is 24.0 Å². The molecular weight excluding hydrogens is 300 g/mol. The summed E-state index contributed by atoms with van der Waals surface area (Å²) >= 11 is 0. The first-order valence-electron chi connectivity index (χ1n) is 7.25. The highest BCUT2D eigenvalue weighted by Crippen LogP contribution is 2.33. The molecule has 1 aliphatic heterocycles. The summed E-state index contributed by atoms with van der Waals surface area (Å²) in [5.41, 5.74) is 2.52. The summed E-state index contributed by atoms with van der Waals surface area (Å²) in [7, 11) is -0.523. The van der Waals surface area contributed by atoms with E-state index in [1.54, 1.807) is 6.07 Å². The fraction of sp³-hybridized carbons (Fsp3) is 0.375. The van der Waals surface area contributed by atoms with Crippen molar-refractivity contribution in [3.05, 3.63) is 47.7 Å². The quantitative estimate of drug-likeness (QED) is 0.868. The number of anilines is 1. The molecule has 2 aromatic rings. The van der Waals surface area contributed by atoms with Gasteiger partial charge in [0.1, 0.15) is 5.76 Å². The Kier molecular flexibility index (Phi) is 3.74. The van der Waals surface area contributed by atoms with E-state index in [-0.39, 0.29) is 5.09 Å². The molecule has 1 unspecified atom stereocenters. The number of para-hydroxylation sites is 1. The summed E-state index contributed by atoms with van der Waals surface area (Å²) < 4.78 is 30.8. The molecule has 0 aliphatic carbocycles. The number of benzene rings is 1. The van der Waals surface area contributed by atoms with Crippen LogP contribution >= 0.6 is 0 Å². The number of nitrogens with zero attached hydrogens (tertiary/aromatic N) is 2. The average molecular weight is 320 g/mol. The molecule has 118 valence electrons. The smallest absolute Gasteiger partial charge is 0.275 e. The maximum Gasteiger partial charge on any atom is 0.275 e. The Hall–Kier alpha value is -1.79. The van der Waals surface area contributed by atoms with Crippen LogP contribution < -0.4 is 4.90 Å². The van der Waals surface area contributed by atoms with Crippen molar-refractivity contribution in [3.8, 4) is 0 Å². The SMILES string of the molecule is CC1Cc2ccccc2N1Cc1ccc(S(=O)(=O)N(C)C)o1. The zero-order valence-electron chi connectivity index (χ0n) is 13.0. The Morgan fingerprint density at radius 3 is 2.68 bits per heavy atom. The minimum absolute atomic E-state index is 0.00682. The van der Waals surface area contributed by atoms with Crippen molar-refractivity contribution in [1.82, 2.24) is 4.31 Å². The van der Waals surface area contributed by atoms with Crippen molar-refractivity contribution >= 4 is 15.7 Å². The highest BCUT2D eigenvalue weighted by molar-refractivity contribution is 7.88. The standard InChI is InChI=1S/C16H20N2O3S/c1-12-10-13-6-4-5-7-15(13)18(12)11-14-8-9-16(21-14)22(19,20)17(2)3/h4-9,12H,10-11H2,1-3H3. The molecule has 1 aliphatic rings. The predicted molar refractivity (Wildman–Crippen MR) is 85.4 cm³/mol. The monoisotopic (exact) mass is 320 g/mol. The van der Waals surface area contributed by atoms with Crippen molar-refractivity contribution in [2.45, 2.75) is 31.0 Å². The Morgan fingerprint density at radius 2 is 1.95 bits per heavy atom. The summed E-state index contributed by atoms with van der Waals surface area (Å²) in [6, 6.07) is 11.9. The Balaban J connectivity index is 1.85. The molecule has 6 heteroatoms. The first kappa shape index (κ1) is 15.1. The van der Waals surface area contributed by atoms with Crippen LogP contribution in [0.25, 0.3) is 0 Å². The van der Waals surface area contributed by atoms with Crippen LogP contribution in [0.15, 0.2) is 45.9 Å². The molecule has 0 saturated heterocycles. The Bertz CT molecular complexity index is 780. The van der Waals surface area contributed by atoms with Gasteiger partial charge in [0.05, 0.1) is 6.54 Å². The molecule has 1 aromatic carbocycles. The summed E-state index contributed by atoms with van der Waals surface area (Å²) in [5, 5.41) is -0.00682. The zero-order valence-corrected chi connectivity index (χ0v) is 13.8. The number of furan rings is 1.